The molecule has 1 aromatic heterocycles. The van der Waals surface area contributed by atoms with Crippen LogP contribution >= 0.6 is 0 Å². The Labute approximate surface area is 158 Å². The lowest BCUT2D eigenvalue weighted by atomic mass is 10.2. The average molecular weight is 372 g/mol. The number of amides is 2. The number of aromatic nitrogens is 2. The molecule has 1 saturated heterocycles. The molecule has 0 unspecified atom stereocenters. The minimum Gasteiger partial charge on any atom is -0.356 e. The first-order chi connectivity index (χ1) is 13.0. The molecule has 7 nitrogen and oxygen atoms in total. The lowest BCUT2D eigenvalue weighted by molar-refractivity contribution is 0.252. The summed E-state index contributed by atoms with van der Waals surface area (Å²) in [6.45, 7) is 6.54. The molecule has 3 rings (SSSR count). The molecule has 0 saturated carbocycles. The highest BCUT2D eigenvalue weighted by molar-refractivity contribution is 5.89. The van der Waals surface area contributed by atoms with Gasteiger partial charge in [-0.15, -0.1) is 0 Å². The Bertz CT molecular complexity index is 807. The van der Waals surface area contributed by atoms with Crippen LogP contribution in [0.25, 0.3) is 0 Å². The third-order valence-corrected chi connectivity index (χ3v) is 4.39. The zero-order valence-electron chi connectivity index (χ0n) is 15.7. The SMILES string of the molecule is Cc1cc(N2CCCC2)nc(NCCNC(=O)Nc2ccc(C)c(F)c2)n1. The van der Waals surface area contributed by atoms with Crippen molar-refractivity contribution in [3.8, 4) is 0 Å². The van der Waals surface area contributed by atoms with Gasteiger partial charge < -0.3 is 20.9 Å². The van der Waals surface area contributed by atoms with E-state index < -0.39 is 0 Å². The standard InChI is InChI=1S/C19H25FN6O/c1-13-5-6-15(12-16(13)20)24-19(27)22-8-7-21-18-23-14(2)11-17(25-18)26-9-3-4-10-26/h5-6,11-12H,3-4,7-10H2,1-2H3,(H,21,23,25)(H2,22,24,27). The summed E-state index contributed by atoms with van der Waals surface area (Å²) < 4.78 is 13.5. The quantitative estimate of drug-likeness (QED) is 0.679. The predicted octanol–water partition coefficient (Wildman–Crippen LogP) is 3.07. The molecule has 0 atom stereocenters. The van der Waals surface area contributed by atoms with Crippen LogP contribution in [-0.4, -0.2) is 42.2 Å². The van der Waals surface area contributed by atoms with E-state index in [0.717, 1.165) is 24.6 Å². The zero-order valence-corrected chi connectivity index (χ0v) is 15.7. The van der Waals surface area contributed by atoms with Gasteiger partial charge in [0.2, 0.25) is 5.95 Å². The highest BCUT2D eigenvalue weighted by Crippen LogP contribution is 2.19. The largest absolute Gasteiger partial charge is 0.356 e. The Hall–Kier alpha value is -2.90. The molecule has 2 heterocycles. The molecule has 2 amide bonds. The Morgan fingerprint density at radius 2 is 1.93 bits per heavy atom. The number of rotatable bonds is 6. The van der Waals surface area contributed by atoms with Crippen molar-refractivity contribution < 1.29 is 9.18 Å². The van der Waals surface area contributed by atoms with Crippen molar-refractivity contribution >= 4 is 23.5 Å². The number of benzene rings is 1. The summed E-state index contributed by atoms with van der Waals surface area (Å²) in [5.74, 6) is 1.15. The maximum absolute atomic E-state index is 13.5. The molecule has 8 heteroatoms. The summed E-state index contributed by atoms with van der Waals surface area (Å²) in [6.07, 6.45) is 2.38. The third kappa shape index (κ3) is 5.29. The van der Waals surface area contributed by atoms with Gasteiger partial charge in [0.1, 0.15) is 11.6 Å². The van der Waals surface area contributed by atoms with E-state index in [9.17, 15) is 9.18 Å². The molecule has 0 bridgehead atoms. The van der Waals surface area contributed by atoms with Crippen molar-refractivity contribution in [3.63, 3.8) is 0 Å². The summed E-state index contributed by atoms with van der Waals surface area (Å²) >= 11 is 0. The Morgan fingerprint density at radius 3 is 2.67 bits per heavy atom. The molecule has 144 valence electrons. The smallest absolute Gasteiger partial charge is 0.319 e. The first kappa shape index (κ1) is 18.9. The molecular formula is C19H25FN6O. The van der Waals surface area contributed by atoms with E-state index >= 15 is 0 Å². The predicted molar refractivity (Wildman–Crippen MR) is 105 cm³/mol. The normalized spacial score (nSPS) is 13.5. The average Bonchev–Trinajstić information content (AvgIpc) is 3.16. The van der Waals surface area contributed by atoms with Crippen molar-refractivity contribution in [1.29, 1.82) is 0 Å². The van der Waals surface area contributed by atoms with Crippen LogP contribution in [0.1, 0.15) is 24.1 Å². The van der Waals surface area contributed by atoms with Gasteiger partial charge in [0.05, 0.1) is 0 Å². The first-order valence-corrected chi connectivity index (χ1v) is 9.17. The van der Waals surface area contributed by atoms with E-state index in [0.29, 0.717) is 30.3 Å². The van der Waals surface area contributed by atoms with Crippen molar-refractivity contribution in [2.75, 3.05) is 41.7 Å². The maximum Gasteiger partial charge on any atom is 0.319 e. The summed E-state index contributed by atoms with van der Waals surface area (Å²) in [5.41, 5.74) is 1.86. The number of carbonyl (C=O) groups excluding carboxylic acids is 1. The fraction of sp³-hybridized carbons (Fsp3) is 0.421. The number of hydrogen-bond acceptors (Lipinski definition) is 5. The molecule has 0 radical (unpaired) electrons. The summed E-state index contributed by atoms with van der Waals surface area (Å²) in [5, 5.41) is 8.46. The monoisotopic (exact) mass is 372 g/mol. The van der Waals surface area contributed by atoms with Crippen LogP contribution in [0.4, 0.5) is 26.6 Å². The second kappa shape index (κ2) is 8.66. The molecule has 1 aliphatic rings. The van der Waals surface area contributed by atoms with Crippen LogP contribution in [-0.2, 0) is 0 Å². The van der Waals surface area contributed by atoms with E-state index in [1.807, 2.05) is 13.0 Å². The van der Waals surface area contributed by atoms with E-state index in [1.54, 1.807) is 19.1 Å². The number of hydrogen-bond donors (Lipinski definition) is 3. The third-order valence-electron chi connectivity index (χ3n) is 4.39. The molecular weight excluding hydrogens is 347 g/mol. The van der Waals surface area contributed by atoms with Gasteiger partial charge in [-0.05, 0) is 44.4 Å². The van der Waals surface area contributed by atoms with Gasteiger partial charge in [-0.3, -0.25) is 0 Å². The number of anilines is 3. The zero-order chi connectivity index (χ0) is 19.2. The van der Waals surface area contributed by atoms with Crippen LogP contribution in [0.2, 0.25) is 0 Å². The van der Waals surface area contributed by atoms with Crippen LogP contribution < -0.4 is 20.9 Å². The summed E-state index contributed by atoms with van der Waals surface area (Å²) in [6, 6.07) is 6.19. The second-order valence-corrected chi connectivity index (χ2v) is 6.66. The van der Waals surface area contributed by atoms with Crippen LogP contribution in [0, 0.1) is 19.7 Å². The van der Waals surface area contributed by atoms with Crippen molar-refractivity contribution in [2.24, 2.45) is 0 Å². The Kier molecular flexibility index (Phi) is 6.05. The van der Waals surface area contributed by atoms with Crippen molar-refractivity contribution in [3.05, 3.63) is 41.3 Å². The Balaban J connectivity index is 1.45. The molecule has 1 aromatic carbocycles. The number of halogens is 1. The summed E-state index contributed by atoms with van der Waals surface area (Å²) in [4.78, 5) is 23.1. The van der Waals surface area contributed by atoms with Crippen molar-refractivity contribution in [1.82, 2.24) is 15.3 Å². The lowest BCUT2D eigenvalue weighted by Crippen LogP contribution is -2.33. The van der Waals surface area contributed by atoms with E-state index in [4.69, 9.17) is 0 Å². The van der Waals surface area contributed by atoms with E-state index in [1.165, 1.54) is 18.9 Å². The maximum atomic E-state index is 13.5. The topological polar surface area (TPSA) is 82.2 Å². The number of aryl methyl sites for hydroxylation is 2. The number of nitrogens with zero attached hydrogens (tertiary/aromatic N) is 3. The van der Waals surface area contributed by atoms with Crippen molar-refractivity contribution in [2.45, 2.75) is 26.7 Å². The first-order valence-electron chi connectivity index (χ1n) is 9.17. The van der Waals surface area contributed by atoms with Gasteiger partial charge in [-0.2, -0.15) is 4.98 Å². The summed E-state index contributed by atoms with van der Waals surface area (Å²) in [7, 11) is 0. The fourth-order valence-corrected chi connectivity index (χ4v) is 2.94. The second-order valence-electron chi connectivity index (χ2n) is 6.66. The molecule has 3 N–H and O–H groups in total. The van der Waals surface area contributed by atoms with E-state index in [-0.39, 0.29) is 11.8 Å². The van der Waals surface area contributed by atoms with Crippen LogP contribution in [0.5, 0.6) is 0 Å². The van der Waals surface area contributed by atoms with Gasteiger partial charge in [0.25, 0.3) is 0 Å². The molecule has 0 spiro atoms. The molecule has 1 aliphatic heterocycles. The highest BCUT2D eigenvalue weighted by atomic mass is 19.1. The number of carbonyl (C=O) groups is 1. The van der Waals surface area contributed by atoms with Gasteiger partial charge in [0.15, 0.2) is 0 Å². The highest BCUT2D eigenvalue weighted by Gasteiger charge is 2.15. The molecule has 27 heavy (non-hydrogen) atoms. The molecule has 2 aromatic rings. The van der Waals surface area contributed by atoms with Crippen LogP contribution in [0.15, 0.2) is 24.3 Å². The fourth-order valence-electron chi connectivity index (χ4n) is 2.94. The van der Waals surface area contributed by atoms with Crippen LogP contribution in [0.3, 0.4) is 0 Å². The van der Waals surface area contributed by atoms with Gasteiger partial charge >= 0.3 is 6.03 Å². The minimum absolute atomic E-state index is 0.347. The van der Waals surface area contributed by atoms with Gasteiger partial charge in [0, 0.05) is 43.6 Å². The van der Waals surface area contributed by atoms with E-state index in [2.05, 4.69) is 30.8 Å². The van der Waals surface area contributed by atoms with Gasteiger partial charge in [-0.25, -0.2) is 14.2 Å². The van der Waals surface area contributed by atoms with Gasteiger partial charge in [-0.1, -0.05) is 6.07 Å². The molecule has 0 aliphatic carbocycles. The molecule has 1 fully saturated rings. The number of urea groups is 1. The number of nitrogens with one attached hydrogen (secondary N) is 3. The Morgan fingerprint density at radius 1 is 1.15 bits per heavy atom. The minimum atomic E-state index is -0.386. The lowest BCUT2D eigenvalue weighted by Gasteiger charge is -2.17.